The Labute approximate surface area is 143 Å². The molecule has 130 valence electrons. The lowest BCUT2D eigenvalue weighted by Crippen LogP contribution is -2.19. The highest BCUT2D eigenvalue weighted by atomic mass is 16.5. The molecule has 2 rings (SSSR count). The number of hydrogen-bond donors (Lipinski definition) is 1. The summed E-state index contributed by atoms with van der Waals surface area (Å²) in [6, 6.07) is 1.79. The fourth-order valence-corrected chi connectivity index (χ4v) is 3.15. The third kappa shape index (κ3) is 3.53. The highest BCUT2D eigenvalue weighted by molar-refractivity contribution is 6.25. The normalized spacial score (nSPS) is 13.7. The minimum Gasteiger partial charge on any atom is -0.507 e. The number of ether oxygens (including phenoxy) is 1. The van der Waals surface area contributed by atoms with Gasteiger partial charge in [-0.1, -0.05) is 33.1 Å². The molecule has 0 aliphatic heterocycles. The van der Waals surface area contributed by atoms with Crippen molar-refractivity contribution < 1.29 is 19.4 Å². The highest BCUT2D eigenvalue weighted by Gasteiger charge is 2.31. The van der Waals surface area contributed by atoms with E-state index in [0.717, 1.165) is 56.1 Å². The van der Waals surface area contributed by atoms with Crippen molar-refractivity contribution in [3.05, 3.63) is 40.2 Å². The molecule has 0 spiro atoms. The zero-order valence-corrected chi connectivity index (χ0v) is 14.8. The Morgan fingerprint density at radius 2 is 1.75 bits per heavy atom. The van der Waals surface area contributed by atoms with Crippen LogP contribution in [0.5, 0.6) is 5.75 Å². The summed E-state index contributed by atoms with van der Waals surface area (Å²) in [5.74, 6) is -0.676. The Kier molecular flexibility index (Phi) is 6.18. The number of aryl methyl sites for hydroxylation is 1. The molecule has 0 fully saturated rings. The first-order valence-electron chi connectivity index (χ1n) is 8.77. The van der Waals surface area contributed by atoms with Crippen molar-refractivity contribution in [1.29, 1.82) is 0 Å². The first kappa shape index (κ1) is 18.2. The molecule has 1 aliphatic carbocycles. The van der Waals surface area contributed by atoms with Gasteiger partial charge in [0.1, 0.15) is 5.75 Å². The minimum atomic E-state index is -0.363. The predicted octanol–water partition coefficient (Wildman–Crippen LogP) is 4.38. The van der Waals surface area contributed by atoms with Crippen molar-refractivity contribution in [2.45, 2.75) is 58.8 Å². The molecule has 1 aliphatic rings. The number of aromatic hydroxyl groups is 1. The Balaban J connectivity index is 2.52. The Morgan fingerprint density at radius 3 is 2.38 bits per heavy atom. The van der Waals surface area contributed by atoms with Crippen LogP contribution in [0.25, 0.3) is 0 Å². The number of Topliss-reactive ketones (excluding diaryl/α,β-unsaturated/α-hetero) is 1. The van der Waals surface area contributed by atoms with Crippen LogP contribution in [0.4, 0.5) is 0 Å². The molecule has 4 heteroatoms. The van der Waals surface area contributed by atoms with E-state index < -0.39 is 0 Å². The molecular weight excluding hydrogens is 304 g/mol. The number of phenols is 1. The molecule has 0 saturated heterocycles. The molecule has 4 nitrogen and oxygen atoms in total. The maximum absolute atomic E-state index is 12.5. The van der Waals surface area contributed by atoms with Crippen LogP contribution in [0.1, 0.15) is 77.8 Å². The number of carbonyl (C=O) groups is 2. The maximum Gasteiger partial charge on any atom is 0.228 e. The summed E-state index contributed by atoms with van der Waals surface area (Å²) in [7, 11) is 1.37. The van der Waals surface area contributed by atoms with Crippen molar-refractivity contribution in [3.8, 4) is 5.75 Å². The summed E-state index contributed by atoms with van der Waals surface area (Å²) >= 11 is 0. The second-order valence-corrected chi connectivity index (χ2v) is 6.25. The van der Waals surface area contributed by atoms with Crippen LogP contribution in [0.15, 0.2) is 17.9 Å². The van der Waals surface area contributed by atoms with E-state index in [-0.39, 0.29) is 34.2 Å². The van der Waals surface area contributed by atoms with Crippen LogP contribution in [-0.2, 0) is 17.6 Å². The van der Waals surface area contributed by atoms with Crippen LogP contribution in [0, 0.1) is 0 Å². The summed E-state index contributed by atoms with van der Waals surface area (Å²) < 4.78 is 5.01. The average molecular weight is 330 g/mol. The van der Waals surface area contributed by atoms with E-state index in [9.17, 15) is 14.7 Å². The topological polar surface area (TPSA) is 63.6 Å². The average Bonchev–Trinajstić information content (AvgIpc) is 2.57. The van der Waals surface area contributed by atoms with Gasteiger partial charge in [-0.05, 0) is 42.9 Å². The number of hydrogen-bond acceptors (Lipinski definition) is 4. The van der Waals surface area contributed by atoms with Crippen LogP contribution in [0.2, 0.25) is 0 Å². The highest BCUT2D eigenvalue weighted by Crippen LogP contribution is 2.36. The van der Waals surface area contributed by atoms with Gasteiger partial charge < -0.3 is 9.84 Å². The summed E-state index contributed by atoms with van der Waals surface area (Å²) in [6.07, 6.45) is 7.84. The van der Waals surface area contributed by atoms with E-state index in [4.69, 9.17) is 4.74 Å². The second kappa shape index (κ2) is 8.13. The molecule has 24 heavy (non-hydrogen) atoms. The van der Waals surface area contributed by atoms with Gasteiger partial charge in [0.2, 0.25) is 5.78 Å². The molecule has 0 aromatic heterocycles. The molecule has 1 aromatic carbocycles. The molecule has 0 amide bonds. The first-order valence-corrected chi connectivity index (χ1v) is 8.77. The standard InChI is InChI=1S/C20H26O4/c1-4-6-8-10-14-13(9-7-5-2)11-15-18(20(14)23)16(21)12-17(24-3)19(15)22/h11-12,23H,4-10H2,1-3H3. The van der Waals surface area contributed by atoms with E-state index in [1.54, 1.807) is 6.07 Å². The lowest BCUT2D eigenvalue weighted by atomic mass is 9.85. The molecule has 0 unspecified atom stereocenters. The van der Waals surface area contributed by atoms with Crippen molar-refractivity contribution in [2.75, 3.05) is 7.11 Å². The Bertz CT molecular complexity index is 671. The van der Waals surface area contributed by atoms with Gasteiger partial charge >= 0.3 is 0 Å². The van der Waals surface area contributed by atoms with Gasteiger partial charge in [-0.3, -0.25) is 9.59 Å². The van der Waals surface area contributed by atoms with Gasteiger partial charge in [0.25, 0.3) is 0 Å². The quantitative estimate of drug-likeness (QED) is 0.719. The number of methoxy groups -OCH3 is 1. The predicted molar refractivity (Wildman–Crippen MR) is 93.7 cm³/mol. The molecule has 0 radical (unpaired) electrons. The lowest BCUT2D eigenvalue weighted by Gasteiger charge is -2.20. The number of fused-ring (bicyclic) bond motifs is 1. The molecule has 0 heterocycles. The Morgan fingerprint density at radius 1 is 1.04 bits per heavy atom. The first-order chi connectivity index (χ1) is 11.5. The fraction of sp³-hybridized carbons (Fsp3) is 0.500. The molecule has 0 saturated carbocycles. The monoisotopic (exact) mass is 330 g/mol. The smallest absolute Gasteiger partial charge is 0.228 e. The minimum absolute atomic E-state index is 0.0144. The van der Waals surface area contributed by atoms with Gasteiger partial charge in [-0.15, -0.1) is 0 Å². The fourth-order valence-electron chi connectivity index (χ4n) is 3.15. The van der Waals surface area contributed by atoms with Gasteiger partial charge in [-0.25, -0.2) is 0 Å². The van der Waals surface area contributed by atoms with E-state index in [0.29, 0.717) is 0 Å². The van der Waals surface area contributed by atoms with Crippen molar-refractivity contribution in [2.24, 2.45) is 0 Å². The number of rotatable bonds is 8. The van der Waals surface area contributed by atoms with Crippen LogP contribution in [-0.4, -0.2) is 23.8 Å². The van der Waals surface area contributed by atoms with E-state index in [1.165, 1.54) is 13.2 Å². The van der Waals surface area contributed by atoms with Crippen LogP contribution >= 0.6 is 0 Å². The molecular formula is C20H26O4. The molecule has 0 bridgehead atoms. The molecule has 1 N–H and O–H groups in total. The van der Waals surface area contributed by atoms with Crippen molar-refractivity contribution in [3.63, 3.8) is 0 Å². The summed E-state index contributed by atoms with van der Waals surface area (Å²) in [6.45, 7) is 4.24. The summed E-state index contributed by atoms with van der Waals surface area (Å²) in [5, 5.41) is 10.7. The van der Waals surface area contributed by atoms with Gasteiger partial charge in [0, 0.05) is 11.6 Å². The SMILES string of the molecule is CCCCCc1c(CCCC)cc2c(c1O)C(=O)C=C(OC)C2=O. The summed E-state index contributed by atoms with van der Waals surface area (Å²) in [4.78, 5) is 24.8. The second-order valence-electron chi connectivity index (χ2n) is 6.25. The van der Waals surface area contributed by atoms with Gasteiger partial charge in [0.15, 0.2) is 11.5 Å². The van der Waals surface area contributed by atoms with E-state index >= 15 is 0 Å². The third-order valence-corrected chi connectivity index (χ3v) is 4.53. The summed E-state index contributed by atoms with van der Waals surface area (Å²) in [5.41, 5.74) is 2.20. The van der Waals surface area contributed by atoms with Gasteiger partial charge in [0.05, 0.1) is 12.7 Å². The van der Waals surface area contributed by atoms with Gasteiger partial charge in [-0.2, -0.15) is 0 Å². The van der Waals surface area contributed by atoms with E-state index in [2.05, 4.69) is 13.8 Å². The third-order valence-electron chi connectivity index (χ3n) is 4.53. The number of benzene rings is 1. The maximum atomic E-state index is 12.5. The number of allylic oxidation sites excluding steroid dienone is 2. The van der Waals surface area contributed by atoms with E-state index in [1.807, 2.05) is 0 Å². The number of carbonyl (C=O) groups excluding carboxylic acids is 2. The number of unbranched alkanes of at least 4 members (excludes halogenated alkanes) is 3. The van der Waals surface area contributed by atoms with Crippen LogP contribution < -0.4 is 0 Å². The lowest BCUT2D eigenvalue weighted by molar-refractivity contribution is 0.0914. The zero-order valence-electron chi connectivity index (χ0n) is 14.8. The van der Waals surface area contributed by atoms with Crippen molar-refractivity contribution in [1.82, 2.24) is 0 Å². The van der Waals surface area contributed by atoms with Crippen molar-refractivity contribution >= 4 is 11.6 Å². The van der Waals surface area contributed by atoms with Crippen LogP contribution in [0.3, 0.4) is 0 Å². The number of phenolic OH excluding ortho intramolecular Hbond substituents is 1. The zero-order chi connectivity index (χ0) is 17.7. The largest absolute Gasteiger partial charge is 0.507 e. The molecule has 1 aromatic rings. The molecule has 0 atom stereocenters. The Hall–Kier alpha value is -2.10. The number of ketones is 2.